The van der Waals surface area contributed by atoms with Gasteiger partial charge in [0.25, 0.3) is 0 Å². The molecule has 0 aromatic carbocycles. The van der Waals surface area contributed by atoms with E-state index in [2.05, 4.69) is 39.8 Å². The predicted molar refractivity (Wildman–Crippen MR) is 86.6 cm³/mol. The highest BCUT2D eigenvalue weighted by Crippen LogP contribution is 2.21. The van der Waals surface area contributed by atoms with Crippen molar-refractivity contribution in [3.63, 3.8) is 0 Å². The van der Waals surface area contributed by atoms with E-state index in [-0.39, 0.29) is 0 Å². The first kappa shape index (κ1) is 17.7. The minimum Gasteiger partial charge on any atom is -0.146 e. The third kappa shape index (κ3) is 8.74. The first-order valence-corrected chi connectivity index (χ1v) is 8.45. The first-order valence-electron chi connectivity index (χ1n) is 7.63. The number of hydrogen-bond acceptors (Lipinski definition) is 1. The normalized spacial score (nSPS) is 12.2. The number of rotatable bonds is 7. The van der Waals surface area contributed by atoms with Crippen molar-refractivity contribution in [1.82, 2.24) is 0 Å². The van der Waals surface area contributed by atoms with Crippen LogP contribution >= 0.6 is 11.3 Å². The van der Waals surface area contributed by atoms with Crippen LogP contribution in [0.3, 0.4) is 0 Å². The second-order valence-electron chi connectivity index (χ2n) is 5.48. The van der Waals surface area contributed by atoms with Crippen LogP contribution in [0.5, 0.6) is 0 Å². The summed E-state index contributed by atoms with van der Waals surface area (Å²) in [6.07, 6.45) is 6.84. The Bertz CT molecular complexity index is 286. The minimum absolute atomic E-state index is 0.868. The monoisotopic (exact) mass is 268 g/mol. The zero-order valence-corrected chi connectivity index (χ0v) is 14.1. The molecule has 1 atom stereocenters. The lowest BCUT2D eigenvalue weighted by molar-refractivity contribution is 0.438. The van der Waals surface area contributed by atoms with Gasteiger partial charge >= 0.3 is 0 Å². The molecule has 106 valence electrons. The summed E-state index contributed by atoms with van der Waals surface area (Å²) in [5.74, 6) is 1.76. The fraction of sp³-hybridized carbons (Fsp3) is 0.765. The van der Waals surface area contributed by atoms with Crippen molar-refractivity contribution in [1.29, 1.82) is 0 Å². The summed E-state index contributed by atoms with van der Waals surface area (Å²) >= 11 is 1.96. The number of hydrogen-bond donors (Lipinski definition) is 0. The van der Waals surface area contributed by atoms with E-state index in [1.807, 2.05) is 25.2 Å². The van der Waals surface area contributed by atoms with Crippen molar-refractivity contribution >= 4 is 11.3 Å². The quantitative estimate of drug-likeness (QED) is 0.531. The maximum atomic E-state index is 2.40. The van der Waals surface area contributed by atoms with Gasteiger partial charge < -0.3 is 0 Å². The van der Waals surface area contributed by atoms with Gasteiger partial charge in [0, 0.05) is 9.75 Å². The Balaban J connectivity index is 0.00000137. The van der Waals surface area contributed by atoms with Crippen molar-refractivity contribution in [3.05, 3.63) is 21.9 Å². The van der Waals surface area contributed by atoms with Gasteiger partial charge in [-0.25, -0.2) is 0 Å². The van der Waals surface area contributed by atoms with Gasteiger partial charge in [-0.2, -0.15) is 0 Å². The van der Waals surface area contributed by atoms with E-state index in [9.17, 15) is 0 Å². The molecule has 0 spiro atoms. The van der Waals surface area contributed by atoms with Crippen LogP contribution < -0.4 is 0 Å². The molecule has 0 radical (unpaired) electrons. The van der Waals surface area contributed by atoms with E-state index >= 15 is 0 Å². The summed E-state index contributed by atoms with van der Waals surface area (Å²) in [6, 6.07) is 4.53. The molecule has 18 heavy (non-hydrogen) atoms. The Morgan fingerprint density at radius 2 is 1.67 bits per heavy atom. The summed E-state index contributed by atoms with van der Waals surface area (Å²) in [7, 11) is 0. The molecule has 0 bridgehead atoms. The standard InChI is InChI=1S/C15H26S.C2H6/c1-12(2)6-5-7-13(3)8-10-15-11-9-14(4)16-15;1-2/h9,11-13H,5-8,10H2,1-4H3;1-2H3. The highest BCUT2D eigenvalue weighted by molar-refractivity contribution is 7.11. The van der Waals surface area contributed by atoms with Crippen molar-refractivity contribution < 1.29 is 0 Å². The summed E-state index contributed by atoms with van der Waals surface area (Å²) in [4.78, 5) is 3.01. The van der Waals surface area contributed by atoms with E-state index in [4.69, 9.17) is 0 Å². The summed E-state index contributed by atoms with van der Waals surface area (Å²) in [5, 5.41) is 0. The topological polar surface area (TPSA) is 0 Å². The van der Waals surface area contributed by atoms with Gasteiger partial charge in [0.15, 0.2) is 0 Å². The molecule has 0 aliphatic rings. The summed E-state index contributed by atoms with van der Waals surface area (Å²) < 4.78 is 0. The molecule has 1 aromatic rings. The Kier molecular flexibility index (Phi) is 10.4. The molecule has 0 saturated carbocycles. The SMILES string of the molecule is CC.Cc1ccc(CCC(C)CCCC(C)C)s1. The van der Waals surface area contributed by atoms with Crippen LogP contribution in [0.25, 0.3) is 0 Å². The van der Waals surface area contributed by atoms with E-state index in [1.165, 1.54) is 37.0 Å². The van der Waals surface area contributed by atoms with Crippen LogP contribution in [0.2, 0.25) is 0 Å². The van der Waals surface area contributed by atoms with E-state index in [1.54, 1.807) is 4.88 Å². The molecule has 0 N–H and O–H groups in total. The molecular formula is C17H32S. The van der Waals surface area contributed by atoms with Crippen molar-refractivity contribution in [3.8, 4) is 0 Å². The van der Waals surface area contributed by atoms with E-state index in [0.29, 0.717) is 0 Å². The van der Waals surface area contributed by atoms with Crippen LogP contribution in [-0.2, 0) is 6.42 Å². The van der Waals surface area contributed by atoms with Gasteiger partial charge in [-0.15, -0.1) is 11.3 Å². The molecule has 0 fully saturated rings. The lowest BCUT2D eigenvalue weighted by Gasteiger charge is -2.11. The van der Waals surface area contributed by atoms with Crippen LogP contribution in [0.1, 0.15) is 70.1 Å². The average molecular weight is 269 g/mol. The van der Waals surface area contributed by atoms with Gasteiger partial charge in [-0.05, 0) is 43.7 Å². The molecule has 0 nitrogen and oxygen atoms in total. The lowest BCUT2D eigenvalue weighted by atomic mass is 9.96. The van der Waals surface area contributed by atoms with Crippen LogP contribution in [0, 0.1) is 18.8 Å². The molecule has 1 aromatic heterocycles. The highest BCUT2D eigenvalue weighted by Gasteiger charge is 2.04. The molecular weight excluding hydrogens is 236 g/mol. The summed E-state index contributed by atoms with van der Waals surface area (Å²) in [5.41, 5.74) is 0. The number of thiophene rings is 1. The fourth-order valence-corrected chi connectivity index (χ4v) is 2.93. The van der Waals surface area contributed by atoms with Crippen molar-refractivity contribution in [2.24, 2.45) is 11.8 Å². The average Bonchev–Trinajstić information content (AvgIpc) is 2.75. The molecule has 0 saturated heterocycles. The second-order valence-corrected chi connectivity index (χ2v) is 6.85. The molecule has 0 aliphatic carbocycles. The third-order valence-electron chi connectivity index (χ3n) is 3.16. The fourth-order valence-electron chi connectivity index (χ4n) is 2.03. The van der Waals surface area contributed by atoms with E-state index in [0.717, 1.165) is 11.8 Å². The Morgan fingerprint density at radius 3 is 2.17 bits per heavy atom. The maximum absolute atomic E-state index is 2.40. The molecule has 1 unspecified atom stereocenters. The first-order chi connectivity index (χ1) is 8.58. The Labute approximate surface area is 119 Å². The largest absolute Gasteiger partial charge is 0.146 e. The zero-order chi connectivity index (χ0) is 14.0. The van der Waals surface area contributed by atoms with Crippen molar-refractivity contribution in [2.75, 3.05) is 0 Å². The third-order valence-corrected chi connectivity index (χ3v) is 4.22. The van der Waals surface area contributed by atoms with E-state index < -0.39 is 0 Å². The lowest BCUT2D eigenvalue weighted by Crippen LogP contribution is -1.98. The summed E-state index contributed by atoms with van der Waals surface area (Å²) in [6.45, 7) is 13.2. The van der Waals surface area contributed by atoms with Crippen LogP contribution in [-0.4, -0.2) is 0 Å². The van der Waals surface area contributed by atoms with Crippen molar-refractivity contribution in [2.45, 2.75) is 73.6 Å². The second kappa shape index (κ2) is 10.6. The van der Waals surface area contributed by atoms with Gasteiger partial charge in [-0.1, -0.05) is 53.9 Å². The minimum atomic E-state index is 0.868. The molecule has 0 aliphatic heterocycles. The molecule has 1 heterocycles. The van der Waals surface area contributed by atoms with Gasteiger partial charge in [-0.3, -0.25) is 0 Å². The smallest absolute Gasteiger partial charge is 0.00481 e. The van der Waals surface area contributed by atoms with Gasteiger partial charge in [0.2, 0.25) is 0 Å². The Morgan fingerprint density at radius 1 is 1.00 bits per heavy atom. The van der Waals surface area contributed by atoms with Gasteiger partial charge in [0.05, 0.1) is 0 Å². The van der Waals surface area contributed by atoms with Crippen LogP contribution in [0.4, 0.5) is 0 Å². The predicted octanol–water partition coefficient (Wildman–Crippen LogP) is 6.48. The Hall–Kier alpha value is -0.300. The zero-order valence-electron chi connectivity index (χ0n) is 13.3. The van der Waals surface area contributed by atoms with Gasteiger partial charge in [0.1, 0.15) is 0 Å². The molecule has 1 rings (SSSR count). The highest BCUT2D eigenvalue weighted by atomic mass is 32.1. The maximum Gasteiger partial charge on any atom is 0.00481 e. The van der Waals surface area contributed by atoms with Crippen LogP contribution in [0.15, 0.2) is 12.1 Å². The number of aryl methyl sites for hydroxylation is 2. The molecule has 0 amide bonds. The molecule has 1 heteroatoms.